The van der Waals surface area contributed by atoms with E-state index in [9.17, 15) is 0 Å². The number of hydrogen-bond donors (Lipinski definition) is 1. The summed E-state index contributed by atoms with van der Waals surface area (Å²) in [6.07, 6.45) is 5.86. The van der Waals surface area contributed by atoms with E-state index in [4.69, 9.17) is 0 Å². The number of fused-ring (bicyclic) bond motifs is 1. The van der Waals surface area contributed by atoms with Crippen molar-refractivity contribution < 1.29 is 0 Å². The zero-order valence-corrected chi connectivity index (χ0v) is 11.7. The molecule has 0 saturated carbocycles. The van der Waals surface area contributed by atoms with E-state index in [0.29, 0.717) is 4.83 Å². The molecule has 1 atom stereocenters. The Bertz CT molecular complexity index is 494. The van der Waals surface area contributed by atoms with Crippen molar-refractivity contribution in [1.82, 2.24) is 14.5 Å². The van der Waals surface area contributed by atoms with Crippen molar-refractivity contribution in [2.24, 2.45) is 7.05 Å². The lowest BCUT2D eigenvalue weighted by Crippen LogP contribution is -2.09. The number of nitrogens with one attached hydrogen (secondary N) is 1. The second kappa shape index (κ2) is 5.49. The van der Waals surface area contributed by atoms with Crippen LogP contribution in [0.4, 0.5) is 5.82 Å². The Kier molecular flexibility index (Phi) is 3.99. The number of pyridine rings is 1. The van der Waals surface area contributed by atoms with Gasteiger partial charge in [-0.3, -0.25) is 0 Å². The molecule has 0 bridgehead atoms. The van der Waals surface area contributed by atoms with Crippen LogP contribution in [-0.4, -0.2) is 25.9 Å². The Morgan fingerprint density at radius 3 is 3.06 bits per heavy atom. The summed E-state index contributed by atoms with van der Waals surface area (Å²) in [5.41, 5.74) is 2.05. The molecule has 0 radical (unpaired) electrons. The molecule has 0 saturated heterocycles. The van der Waals surface area contributed by atoms with Crippen LogP contribution < -0.4 is 5.32 Å². The molecule has 2 aromatic heterocycles. The van der Waals surface area contributed by atoms with Crippen LogP contribution >= 0.6 is 15.9 Å². The van der Waals surface area contributed by atoms with Crippen LogP contribution in [0.3, 0.4) is 0 Å². The fourth-order valence-electron chi connectivity index (χ4n) is 1.74. The van der Waals surface area contributed by atoms with Gasteiger partial charge in [0.1, 0.15) is 5.52 Å². The predicted octanol–water partition coefficient (Wildman–Crippen LogP) is 2.94. The molecule has 4 nitrogen and oxygen atoms in total. The molecule has 1 unspecified atom stereocenters. The Morgan fingerprint density at radius 2 is 2.29 bits per heavy atom. The van der Waals surface area contributed by atoms with Gasteiger partial charge >= 0.3 is 0 Å². The van der Waals surface area contributed by atoms with Gasteiger partial charge in [-0.05, 0) is 18.9 Å². The van der Waals surface area contributed by atoms with Gasteiger partial charge in [-0.25, -0.2) is 9.97 Å². The maximum Gasteiger partial charge on any atom is 0.154 e. The van der Waals surface area contributed by atoms with Crippen molar-refractivity contribution in [1.29, 1.82) is 0 Å². The molecule has 0 aliphatic heterocycles. The summed E-state index contributed by atoms with van der Waals surface area (Å²) >= 11 is 3.62. The number of rotatable bonds is 5. The smallest absolute Gasteiger partial charge is 0.154 e. The molecule has 1 N–H and O–H groups in total. The summed E-state index contributed by atoms with van der Waals surface area (Å²) in [4.78, 5) is 9.27. The molecule has 0 spiro atoms. The van der Waals surface area contributed by atoms with Gasteiger partial charge in [-0.2, -0.15) is 0 Å². The fourth-order valence-corrected chi connectivity index (χ4v) is 1.97. The summed E-state index contributed by atoms with van der Waals surface area (Å²) < 4.78 is 2.00. The number of nitrogens with zero attached hydrogens (tertiary/aromatic N) is 3. The van der Waals surface area contributed by atoms with Gasteiger partial charge in [0.25, 0.3) is 0 Å². The maximum atomic E-state index is 4.36. The quantitative estimate of drug-likeness (QED) is 0.863. The van der Waals surface area contributed by atoms with Gasteiger partial charge < -0.3 is 9.88 Å². The highest BCUT2D eigenvalue weighted by Crippen LogP contribution is 2.19. The zero-order chi connectivity index (χ0) is 12.3. The van der Waals surface area contributed by atoms with Crippen LogP contribution in [0.2, 0.25) is 0 Å². The lowest BCUT2D eigenvalue weighted by Gasteiger charge is -2.09. The maximum absolute atomic E-state index is 4.36. The number of hydrogen-bond acceptors (Lipinski definition) is 3. The average molecular weight is 297 g/mol. The minimum atomic E-state index is 0.568. The molecule has 0 aliphatic carbocycles. The molecule has 2 heterocycles. The third kappa shape index (κ3) is 2.77. The topological polar surface area (TPSA) is 42.7 Å². The Hall–Kier alpha value is -1.10. The van der Waals surface area contributed by atoms with E-state index >= 15 is 0 Å². The van der Waals surface area contributed by atoms with E-state index in [1.807, 2.05) is 30.2 Å². The minimum Gasteiger partial charge on any atom is -0.368 e. The SMILES string of the molecule is CCC(Br)CCNc1nccc2c1ncn2C. The zero-order valence-electron chi connectivity index (χ0n) is 10.2. The lowest BCUT2D eigenvalue weighted by molar-refractivity contribution is 0.773. The second-order valence-corrected chi connectivity index (χ2v) is 5.40. The van der Waals surface area contributed by atoms with Crippen molar-refractivity contribution in [2.75, 3.05) is 11.9 Å². The first-order valence-electron chi connectivity index (χ1n) is 5.86. The molecule has 2 rings (SSSR count). The highest BCUT2D eigenvalue weighted by atomic mass is 79.9. The van der Waals surface area contributed by atoms with Gasteiger partial charge in [-0.1, -0.05) is 22.9 Å². The van der Waals surface area contributed by atoms with Crippen LogP contribution in [0.5, 0.6) is 0 Å². The van der Waals surface area contributed by atoms with Crippen LogP contribution in [0.25, 0.3) is 11.0 Å². The Labute approximate surface area is 110 Å². The highest BCUT2D eigenvalue weighted by molar-refractivity contribution is 9.09. The van der Waals surface area contributed by atoms with Gasteiger partial charge in [0.05, 0.1) is 11.8 Å². The summed E-state index contributed by atoms with van der Waals surface area (Å²) in [7, 11) is 1.99. The van der Waals surface area contributed by atoms with Crippen molar-refractivity contribution in [2.45, 2.75) is 24.6 Å². The van der Waals surface area contributed by atoms with Crippen molar-refractivity contribution in [3.8, 4) is 0 Å². The first-order chi connectivity index (χ1) is 8.22. The standard InChI is InChI=1S/C12H17BrN4/c1-3-9(13)4-6-14-12-11-10(5-7-15-12)17(2)8-16-11/h5,7-9H,3-4,6H2,1-2H3,(H,14,15). The number of aromatic nitrogens is 3. The minimum absolute atomic E-state index is 0.568. The highest BCUT2D eigenvalue weighted by Gasteiger charge is 2.07. The van der Waals surface area contributed by atoms with Crippen LogP contribution in [0.1, 0.15) is 19.8 Å². The van der Waals surface area contributed by atoms with Gasteiger partial charge in [-0.15, -0.1) is 0 Å². The molecule has 0 fully saturated rings. The Morgan fingerprint density at radius 1 is 1.47 bits per heavy atom. The van der Waals surface area contributed by atoms with Crippen molar-refractivity contribution in [3.05, 3.63) is 18.6 Å². The largest absolute Gasteiger partial charge is 0.368 e. The number of halogens is 1. The van der Waals surface area contributed by atoms with Gasteiger partial charge in [0.15, 0.2) is 5.82 Å². The third-order valence-electron chi connectivity index (χ3n) is 2.84. The molecule has 0 amide bonds. The molecule has 0 aromatic carbocycles. The van der Waals surface area contributed by atoms with E-state index in [0.717, 1.165) is 36.2 Å². The van der Waals surface area contributed by atoms with E-state index in [2.05, 4.69) is 38.1 Å². The summed E-state index contributed by atoms with van der Waals surface area (Å²) in [6, 6.07) is 1.98. The monoisotopic (exact) mass is 296 g/mol. The van der Waals surface area contributed by atoms with E-state index < -0.39 is 0 Å². The summed E-state index contributed by atoms with van der Waals surface area (Å²) in [5.74, 6) is 0.874. The fraction of sp³-hybridized carbons (Fsp3) is 0.500. The molecule has 0 aliphatic rings. The number of anilines is 1. The predicted molar refractivity (Wildman–Crippen MR) is 74.6 cm³/mol. The molecule has 5 heteroatoms. The Balaban J connectivity index is 2.08. The number of alkyl halides is 1. The second-order valence-electron chi connectivity index (χ2n) is 4.10. The van der Waals surface area contributed by atoms with Crippen LogP contribution in [-0.2, 0) is 7.05 Å². The lowest BCUT2D eigenvalue weighted by atomic mass is 10.2. The average Bonchev–Trinajstić information content (AvgIpc) is 2.72. The van der Waals surface area contributed by atoms with Gasteiger partial charge in [0, 0.05) is 24.6 Å². The first-order valence-corrected chi connectivity index (χ1v) is 6.78. The molecular formula is C12H17BrN4. The number of aryl methyl sites for hydroxylation is 1. The molecule has 17 heavy (non-hydrogen) atoms. The van der Waals surface area contributed by atoms with Crippen LogP contribution in [0.15, 0.2) is 18.6 Å². The van der Waals surface area contributed by atoms with E-state index in [1.54, 1.807) is 0 Å². The summed E-state index contributed by atoms with van der Waals surface area (Å²) in [5, 5.41) is 3.35. The molecule has 92 valence electrons. The van der Waals surface area contributed by atoms with E-state index in [-0.39, 0.29) is 0 Å². The van der Waals surface area contributed by atoms with E-state index in [1.165, 1.54) is 0 Å². The van der Waals surface area contributed by atoms with Crippen molar-refractivity contribution in [3.63, 3.8) is 0 Å². The van der Waals surface area contributed by atoms with Gasteiger partial charge in [0.2, 0.25) is 0 Å². The van der Waals surface area contributed by atoms with Crippen LogP contribution in [0, 0.1) is 0 Å². The molecular weight excluding hydrogens is 280 g/mol. The number of imidazole rings is 1. The first kappa shape index (κ1) is 12.4. The molecule has 2 aromatic rings. The third-order valence-corrected chi connectivity index (χ3v) is 3.94. The summed E-state index contributed by atoms with van der Waals surface area (Å²) in [6.45, 7) is 3.09. The normalized spacial score (nSPS) is 12.9. The van der Waals surface area contributed by atoms with Crippen molar-refractivity contribution >= 4 is 32.8 Å².